The summed E-state index contributed by atoms with van der Waals surface area (Å²) in [6, 6.07) is 3.81. The highest BCUT2D eigenvalue weighted by Gasteiger charge is 2.30. The Balaban J connectivity index is 1.57. The van der Waals surface area contributed by atoms with Crippen molar-refractivity contribution in [3.8, 4) is 17.2 Å². The molecule has 2 heterocycles. The van der Waals surface area contributed by atoms with Crippen LogP contribution in [-0.4, -0.2) is 56.3 Å². The van der Waals surface area contributed by atoms with E-state index in [1.54, 1.807) is 27.5 Å². The SMILES string of the molecule is COc1cc([C@@H]2CC(=O)c3cnc(NC[C@@H]4CCCO4)nc3C2)cc(OC)c1OC. The summed E-state index contributed by atoms with van der Waals surface area (Å²) in [4.78, 5) is 21.7. The molecule has 0 amide bonds. The number of carbonyl (C=O) groups is 1. The Labute approximate surface area is 175 Å². The number of rotatable bonds is 7. The molecule has 1 fully saturated rings. The fraction of sp³-hybridized carbons (Fsp3) is 0.500. The van der Waals surface area contributed by atoms with Crippen LogP contribution >= 0.6 is 0 Å². The number of nitrogens with one attached hydrogen (secondary N) is 1. The normalized spacial score (nSPS) is 20.6. The van der Waals surface area contributed by atoms with Crippen LogP contribution in [-0.2, 0) is 11.2 Å². The maximum atomic E-state index is 12.8. The molecule has 0 saturated carbocycles. The lowest BCUT2D eigenvalue weighted by atomic mass is 9.82. The van der Waals surface area contributed by atoms with Gasteiger partial charge in [-0.3, -0.25) is 4.79 Å². The molecule has 1 N–H and O–H groups in total. The molecule has 8 heteroatoms. The van der Waals surface area contributed by atoms with Crippen LogP contribution in [0.15, 0.2) is 18.3 Å². The second-order valence-electron chi connectivity index (χ2n) is 7.56. The summed E-state index contributed by atoms with van der Waals surface area (Å²) in [7, 11) is 4.74. The van der Waals surface area contributed by atoms with Crippen LogP contribution in [0.2, 0.25) is 0 Å². The summed E-state index contributed by atoms with van der Waals surface area (Å²) in [5.41, 5.74) is 2.31. The van der Waals surface area contributed by atoms with Gasteiger partial charge < -0.3 is 24.3 Å². The minimum absolute atomic E-state index is 0.0281. The van der Waals surface area contributed by atoms with Crippen LogP contribution in [0.4, 0.5) is 5.95 Å². The maximum absolute atomic E-state index is 12.8. The van der Waals surface area contributed by atoms with E-state index < -0.39 is 0 Å². The van der Waals surface area contributed by atoms with E-state index in [0.29, 0.717) is 48.1 Å². The second-order valence-corrected chi connectivity index (χ2v) is 7.56. The summed E-state index contributed by atoms with van der Waals surface area (Å²) in [5, 5.41) is 3.24. The molecule has 8 nitrogen and oxygen atoms in total. The van der Waals surface area contributed by atoms with Crippen molar-refractivity contribution in [2.75, 3.05) is 39.8 Å². The van der Waals surface area contributed by atoms with Gasteiger partial charge >= 0.3 is 0 Å². The average Bonchev–Trinajstić information content (AvgIpc) is 3.30. The predicted molar refractivity (Wildman–Crippen MR) is 111 cm³/mol. The van der Waals surface area contributed by atoms with E-state index in [2.05, 4.69) is 15.3 Å². The number of carbonyl (C=O) groups excluding carboxylic acids is 1. The molecule has 0 radical (unpaired) electrons. The summed E-state index contributed by atoms with van der Waals surface area (Å²) in [5.74, 6) is 2.23. The molecular weight excluding hydrogens is 386 g/mol. The van der Waals surface area contributed by atoms with Gasteiger partial charge in [0.05, 0.1) is 38.7 Å². The first-order valence-corrected chi connectivity index (χ1v) is 10.2. The predicted octanol–water partition coefficient (Wildman–Crippen LogP) is 3.01. The Morgan fingerprint density at radius 3 is 2.53 bits per heavy atom. The van der Waals surface area contributed by atoms with Crippen molar-refractivity contribution < 1.29 is 23.7 Å². The van der Waals surface area contributed by atoms with Crippen LogP contribution in [0.25, 0.3) is 0 Å². The van der Waals surface area contributed by atoms with Crippen molar-refractivity contribution in [2.45, 2.75) is 37.7 Å². The summed E-state index contributed by atoms with van der Waals surface area (Å²) in [6.07, 6.45) is 4.97. The highest BCUT2D eigenvalue weighted by Crippen LogP contribution is 2.42. The topological polar surface area (TPSA) is 91.8 Å². The number of anilines is 1. The number of fused-ring (bicyclic) bond motifs is 1. The van der Waals surface area contributed by atoms with E-state index in [1.807, 2.05) is 12.1 Å². The molecule has 2 aliphatic rings. The fourth-order valence-corrected chi connectivity index (χ4v) is 4.11. The molecule has 1 saturated heterocycles. The number of aromatic nitrogens is 2. The molecule has 1 aliphatic heterocycles. The molecule has 1 aliphatic carbocycles. The van der Waals surface area contributed by atoms with Crippen molar-refractivity contribution in [3.63, 3.8) is 0 Å². The molecule has 0 bridgehead atoms. The average molecular weight is 413 g/mol. The molecule has 30 heavy (non-hydrogen) atoms. The molecular formula is C22H27N3O5. The summed E-state index contributed by atoms with van der Waals surface area (Å²) in [6.45, 7) is 1.48. The van der Waals surface area contributed by atoms with Crippen molar-refractivity contribution in [1.82, 2.24) is 9.97 Å². The number of methoxy groups -OCH3 is 3. The van der Waals surface area contributed by atoms with Gasteiger partial charge in [-0.1, -0.05) is 0 Å². The van der Waals surface area contributed by atoms with Crippen LogP contribution in [0.5, 0.6) is 17.2 Å². The zero-order valence-electron chi connectivity index (χ0n) is 17.6. The van der Waals surface area contributed by atoms with Crippen molar-refractivity contribution in [2.24, 2.45) is 0 Å². The van der Waals surface area contributed by atoms with Gasteiger partial charge in [-0.25, -0.2) is 9.97 Å². The Kier molecular flexibility index (Phi) is 6.03. The number of Topliss-reactive ketones (excluding diaryl/α,β-unsaturated/α-hetero) is 1. The van der Waals surface area contributed by atoms with E-state index in [9.17, 15) is 4.79 Å². The zero-order valence-corrected chi connectivity index (χ0v) is 17.6. The first-order chi connectivity index (χ1) is 14.6. The van der Waals surface area contributed by atoms with Crippen molar-refractivity contribution in [3.05, 3.63) is 35.2 Å². The Morgan fingerprint density at radius 2 is 1.90 bits per heavy atom. The third-order valence-corrected chi connectivity index (χ3v) is 5.71. The van der Waals surface area contributed by atoms with Gasteiger partial charge in [0.25, 0.3) is 0 Å². The highest BCUT2D eigenvalue weighted by atomic mass is 16.5. The molecule has 160 valence electrons. The largest absolute Gasteiger partial charge is 0.493 e. The zero-order chi connectivity index (χ0) is 21.1. The standard InChI is InChI=1S/C22H27N3O5/c1-27-19-9-14(10-20(28-2)21(19)29-3)13-7-17-16(18(26)8-13)12-24-22(25-17)23-11-15-5-4-6-30-15/h9-10,12-13,15H,4-8,11H2,1-3H3,(H,23,24,25)/t13-,15-/m0/s1. The van der Waals surface area contributed by atoms with Crippen LogP contribution in [0, 0.1) is 0 Å². The maximum Gasteiger partial charge on any atom is 0.222 e. The van der Waals surface area contributed by atoms with E-state index in [4.69, 9.17) is 18.9 Å². The number of nitrogens with zero attached hydrogens (tertiary/aromatic N) is 2. The third kappa shape index (κ3) is 4.05. The lowest BCUT2D eigenvalue weighted by molar-refractivity contribution is 0.0962. The monoisotopic (exact) mass is 413 g/mol. The number of hydrogen-bond acceptors (Lipinski definition) is 8. The van der Waals surface area contributed by atoms with E-state index in [-0.39, 0.29) is 17.8 Å². The smallest absolute Gasteiger partial charge is 0.222 e. The van der Waals surface area contributed by atoms with E-state index >= 15 is 0 Å². The second kappa shape index (κ2) is 8.87. The van der Waals surface area contributed by atoms with Gasteiger partial charge in [0.15, 0.2) is 17.3 Å². The number of hydrogen-bond donors (Lipinski definition) is 1. The van der Waals surface area contributed by atoms with Gasteiger partial charge in [0.1, 0.15) is 0 Å². The fourth-order valence-electron chi connectivity index (χ4n) is 4.11. The minimum atomic E-state index is -0.0281. The lowest BCUT2D eigenvalue weighted by Gasteiger charge is -2.25. The number of benzene rings is 1. The van der Waals surface area contributed by atoms with Crippen molar-refractivity contribution in [1.29, 1.82) is 0 Å². The molecule has 0 spiro atoms. The number of ketones is 1. The van der Waals surface area contributed by atoms with Gasteiger partial charge in [-0.05, 0) is 42.9 Å². The molecule has 4 rings (SSSR count). The van der Waals surface area contributed by atoms with Crippen LogP contribution in [0.1, 0.15) is 46.8 Å². The van der Waals surface area contributed by atoms with E-state index in [0.717, 1.165) is 30.7 Å². The third-order valence-electron chi connectivity index (χ3n) is 5.71. The number of ether oxygens (including phenoxy) is 4. The van der Waals surface area contributed by atoms with Gasteiger partial charge in [-0.2, -0.15) is 0 Å². The minimum Gasteiger partial charge on any atom is -0.493 e. The molecule has 2 aromatic rings. The molecule has 1 aromatic carbocycles. The highest BCUT2D eigenvalue weighted by molar-refractivity contribution is 5.98. The Morgan fingerprint density at radius 1 is 1.13 bits per heavy atom. The van der Waals surface area contributed by atoms with Crippen LogP contribution in [0.3, 0.4) is 0 Å². The van der Waals surface area contributed by atoms with Crippen LogP contribution < -0.4 is 19.5 Å². The Bertz CT molecular complexity index is 902. The summed E-state index contributed by atoms with van der Waals surface area (Å²) < 4.78 is 22.0. The van der Waals surface area contributed by atoms with E-state index in [1.165, 1.54) is 0 Å². The lowest BCUT2D eigenvalue weighted by Crippen LogP contribution is -2.23. The van der Waals surface area contributed by atoms with Gasteiger partial charge in [0.2, 0.25) is 11.7 Å². The summed E-state index contributed by atoms with van der Waals surface area (Å²) >= 11 is 0. The molecule has 0 unspecified atom stereocenters. The quantitative estimate of drug-likeness (QED) is 0.741. The Hall–Kier alpha value is -2.87. The van der Waals surface area contributed by atoms with Gasteiger partial charge in [0, 0.05) is 25.8 Å². The van der Waals surface area contributed by atoms with Crippen molar-refractivity contribution >= 4 is 11.7 Å². The van der Waals surface area contributed by atoms with Gasteiger partial charge in [-0.15, -0.1) is 0 Å². The first-order valence-electron chi connectivity index (χ1n) is 10.2. The first kappa shape index (κ1) is 20.4. The molecule has 2 atom stereocenters. The molecule has 1 aromatic heterocycles.